The van der Waals surface area contributed by atoms with Crippen LogP contribution in [-0.2, 0) is 4.74 Å². The average Bonchev–Trinajstić information content (AvgIpc) is 2.28. The molecule has 0 N–H and O–H groups in total. The van der Waals surface area contributed by atoms with Crippen LogP contribution in [0.25, 0.3) is 0 Å². The van der Waals surface area contributed by atoms with Crippen molar-refractivity contribution in [3.8, 4) is 0 Å². The van der Waals surface area contributed by atoms with E-state index in [9.17, 15) is 0 Å². The zero-order chi connectivity index (χ0) is 11.5. The number of hydrogen-bond acceptors (Lipinski definition) is 4. The summed E-state index contributed by atoms with van der Waals surface area (Å²) in [6.07, 6.45) is 4.64. The molecule has 0 spiro atoms. The number of morpholine rings is 1. The summed E-state index contributed by atoms with van der Waals surface area (Å²) in [6, 6.07) is 0. The molecular weight excluding hydrogens is 226 g/mol. The van der Waals surface area contributed by atoms with Crippen LogP contribution < -0.4 is 4.90 Å². The highest BCUT2D eigenvalue weighted by molar-refractivity contribution is 6.32. The molecule has 0 aliphatic carbocycles. The van der Waals surface area contributed by atoms with E-state index in [0.29, 0.717) is 5.02 Å². The van der Waals surface area contributed by atoms with Gasteiger partial charge in [-0.3, -0.25) is 0 Å². The Bertz CT molecular complexity index is 361. The highest BCUT2D eigenvalue weighted by Crippen LogP contribution is 2.25. The Labute approximate surface area is 101 Å². The van der Waals surface area contributed by atoms with E-state index < -0.39 is 0 Å². The molecule has 1 aliphatic rings. The lowest BCUT2D eigenvalue weighted by Gasteiger charge is -2.37. The van der Waals surface area contributed by atoms with Crippen molar-refractivity contribution in [1.82, 2.24) is 9.97 Å². The van der Waals surface area contributed by atoms with Gasteiger partial charge in [0.2, 0.25) is 0 Å². The molecule has 88 valence electrons. The normalized spacial score (nSPS) is 25.8. The summed E-state index contributed by atoms with van der Waals surface area (Å²) in [5.41, 5.74) is 0. The van der Waals surface area contributed by atoms with Crippen LogP contribution in [0, 0.1) is 0 Å². The average molecular weight is 242 g/mol. The third kappa shape index (κ3) is 2.44. The van der Waals surface area contributed by atoms with Gasteiger partial charge < -0.3 is 9.64 Å². The van der Waals surface area contributed by atoms with Gasteiger partial charge in [-0.1, -0.05) is 18.5 Å². The summed E-state index contributed by atoms with van der Waals surface area (Å²) in [7, 11) is 0. The molecule has 0 aromatic carbocycles. The standard InChI is InChI=1S/C11H16ClN3O/c1-3-9-6-15(5-8(2)16-9)11-10(12)4-13-7-14-11/h4,7-9H,3,5-6H2,1-2H3. The van der Waals surface area contributed by atoms with E-state index in [-0.39, 0.29) is 12.2 Å². The number of nitrogens with zero attached hydrogens (tertiary/aromatic N) is 3. The monoisotopic (exact) mass is 241 g/mol. The van der Waals surface area contributed by atoms with Crippen LogP contribution in [0.5, 0.6) is 0 Å². The van der Waals surface area contributed by atoms with Crippen molar-refractivity contribution in [1.29, 1.82) is 0 Å². The van der Waals surface area contributed by atoms with Gasteiger partial charge in [-0.15, -0.1) is 0 Å². The lowest BCUT2D eigenvalue weighted by atomic mass is 10.2. The van der Waals surface area contributed by atoms with E-state index in [4.69, 9.17) is 16.3 Å². The number of halogens is 1. The molecule has 16 heavy (non-hydrogen) atoms. The Hall–Kier alpha value is -0.870. The zero-order valence-electron chi connectivity index (χ0n) is 9.56. The van der Waals surface area contributed by atoms with Crippen molar-refractivity contribution in [2.75, 3.05) is 18.0 Å². The van der Waals surface area contributed by atoms with Gasteiger partial charge in [0.1, 0.15) is 11.3 Å². The molecule has 0 radical (unpaired) electrons. The maximum absolute atomic E-state index is 6.09. The lowest BCUT2D eigenvalue weighted by Crippen LogP contribution is -2.46. The smallest absolute Gasteiger partial charge is 0.151 e. The summed E-state index contributed by atoms with van der Waals surface area (Å²) in [6.45, 7) is 5.87. The highest BCUT2D eigenvalue weighted by atomic mass is 35.5. The van der Waals surface area contributed by atoms with Crippen LogP contribution in [0.15, 0.2) is 12.5 Å². The molecule has 1 aliphatic heterocycles. The number of aromatic nitrogens is 2. The first-order valence-electron chi connectivity index (χ1n) is 5.56. The first-order chi connectivity index (χ1) is 7.70. The van der Waals surface area contributed by atoms with Crippen molar-refractivity contribution in [2.24, 2.45) is 0 Å². The van der Waals surface area contributed by atoms with Crippen LogP contribution >= 0.6 is 11.6 Å². The predicted molar refractivity (Wildman–Crippen MR) is 63.9 cm³/mol. The molecule has 1 saturated heterocycles. The molecule has 1 aromatic rings. The molecule has 5 heteroatoms. The number of anilines is 1. The maximum Gasteiger partial charge on any atom is 0.151 e. The second-order valence-electron chi connectivity index (χ2n) is 4.08. The molecule has 1 fully saturated rings. The molecule has 1 aromatic heterocycles. The largest absolute Gasteiger partial charge is 0.372 e. The molecular formula is C11H16ClN3O. The van der Waals surface area contributed by atoms with Gasteiger partial charge in [-0.25, -0.2) is 9.97 Å². The number of hydrogen-bond donors (Lipinski definition) is 0. The number of ether oxygens (including phenoxy) is 1. The van der Waals surface area contributed by atoms with E-state index in [1.165, 1.54) is 6.33 Å². The molecule has 0 bridgehead atoms. The second-order valence-corrected chi connectivity index (χ2v) is 4.48. The maximum atomic E-state index is 6.09. The fourth-order valence-corrected chi connectivity index (χ4v) is 2.21. The molecule has 2 heterocycles. The fourth-order valence-electron chi connectivity index (χ4n) is 1.98. The molecule has 0 saturated carbocycles. The third-order valence-electron chi connectivity index (χ3n) is 2.73. The predicted octanol–water partition coefficient (Wildman–Crippen LogP) is 2.13. The minimum atomic E-state index is 0.213. The van der Waals surface area contributed by atoms with Crippen molar-refractivity contribution in [3.05, 3.63) is 17.5 Å². The molecule has 2 rings (SSSR count). The van der Waals surface area contributed by atoms with Gasteiger partial charge >= 0.3 is 0 Å². The second kappa shape index (κ2) is 4.97. The van der Waals surface area contributed by atoms with E-state index >= 15 is 0 Å². The van der Waals surface area contributed by atoms with Crippen molar-refractivity contribution in [2.45, 2.75) is 32.5 Å². The van der Waals surface area contributed by atoms with Gasteiger partial charge in [-0.2, -0.15) is 0 Å². The Morgan fingerprint density at radius 2 is 2.38 bits per heavy atom. The SMILES string of the molecule is CCC1CN(c2ncncc2Cl)CC(C)O1. The van der Waals surface area contributed by atoms with Crippen molar-refractivity contribution >= 4 is 17.4 Å². The molecule has 4 nitrogen and oxygen atoms in total. The Kier molecular flexibility index (Phi) is 3.61. The van der Waals surface area contributed by atoms with Crippen LogP contribution in [0.4, 0.5) is 5.82 Å². The topological polar surface area (TPSA) is 38.2 Å². The van der Waals surface area contributed by atoms with Crippen LogP contribution in [0.2, 0.25) is 5.02 Å². The van der Waals surface area contributed by atoms with E-state index in [2.05, 4.69) is 28.7 Å². The van der Waals surface area contributed by atoms with Gasteiger partial charge in [0, 0.05) is 13.1 Å². The Morgan fingerprint density at radius 1 is 1.56 bits per heavy atom. The third-order valence-corrected chi connectivity index (χ3v) is 3.00. The lowest BCUT2D eigenvalue weighted by molar-refractivity contribution is -0.0174. The van der Waals surface area contributed by atoms with E-state index in [1.807, 2.05) is 0 Å². The Morgan fingerprint density at radius 3 is 3.06 bits per heavy atom. The van der Waals surface area contributed by atoms with Crippen LogP contribution in [-0.4, -0.2) is 35.3 Å². The van der Waals surface area contributed by atoms with Crippen LogP contribution in [0.1, 0.15) is 20.3 Å². The minimum Gasteiger partial charge on any atom is -0.372 e. The van der Waals surface area contributed by atoms with Gasteiger partial charge in [0.05, 0.1) is 18.4 Å². The summed E-state index contributed by atoms with van der Waals surface area (Å²) < 4.78 is 5.80. The molecule has 2 atom stereocenters. The van der Waals surface area contributed by atoms with Gasteiger partial charge in [0.15, 0.2) is 5.82 Å². The van der Waals surface area contributed by atoms with E-state index in [0.717, 1.165) is 25.3 Å². The molecule has 0 amide bonds. The summed E-state index contributed by atoms with van der Waals surface area (Å²) in [5, 5.41) is 0.603. The summed E-state index contributed by atoms with van der Waals surface area (Å²) in [4.78, 5) is 10.3. The van der Waals surface area contributed by atoms with Crippen molar-refractivity contribution in [3.63, 3.8) is 0 Å². The number of rotatable bonds is 2. The van der Waals surface area contributed by atoms with Crippen LogP contribution in [0.3, 0.4) is 0 Å². The van der Waals surface area contributed by atoms with E-state index in [1.54, 1.807) is 6.20 Å². The Balaban J connectivity index is 2.17. The first kappa shape index (κ1) is 11.6. The summed E-state index contributed by atoms with van der Waals surface area (Å²) in [5.74, 6) is 0.810. The van der Waals surface area contributed by atoms with Crippen molar-refractivity contribution < 1.29 is 4.74 Å². The highest BCUT2D eigenvalue weighted by Gasteiger charge is 2.26. The van der Waals surface area contributed by atoms with Gasteiger partial charge in [0.25, 0.3) is 0 Å². The minimum absolute atomic E-state index is 0.213. The van der Waals surface area contributed by atoms with Gasteiger partial charge in [-0.05, 0) is 13.3 Å². The zero-order valence-corrected chi connectivity index (χ0v) is 10.3. The molecule has 2 unspecified atom stereocenters. The fraction of sp³-hybridized carbons (Fsp3) is 0.636. The summed E-state index contributed by atoms with van der Waals surface area (Å²) >= 11 is 6.09. The quantitative estimate of drug-likeness (QED) is 0.795. The first-order valence-corrected chi connectivity index (χ1v) is 5.94.